The van der Waals surface area contributed by atoms with Gasteiger partial charge in [-0.2, -0.15) is 18.4 Å². The lowest BCUT2D eigenvalue weighted by atomic mass is 10.1. The van der Waals surface area contributed by atoms with Crippen LogP contribution >= 0.6 is 0 Å². The molecule has 0 saturated carbocycles. The second kappa shape index (κ2) is 6.62. The standard InChI is InChI=1S/C14H18F3N3/c1-19(2)5-4-6-20(3)13-8-11(10-18)7-12(9-13)14(15,16)17/h7-9H,4-6H2,1-3H3. The number of hydrogen-bond donors (Lipinski definition) is 0. The summed E-state index contributed by atoms with van der Waals surface area (Å²) in [6, 6.07) is 5.20. The fourth-order valence-electron chi connectivity index (χ4n) is 1.81. The highest BCUT2D eigenvalue weighted by atomic mass is 19.4. The molecule has 0 radical (unpaired) electrons. The van der Waals surface area contributed by atoms with Gasteiger partial charge in [-0.1, -0.05) is 0 Å². The van der Waals surface area contributed by atoms with Gasteiger partial charge in [0.1, 0.15) is 0 Å². The van der Waals surface area contributed by atoms with Gasteiger partial charge in [-0.25, -0.2) is 0 Å². The molecule has 1 aromatic carbocycles. The third-order valence-corrected chi connectivity index (χ3v) is 2.91. The molecule has 0 aliphatic rings. The summed E-state index contributed by atoms with van der Waals surface area (Å²) in [5, 5.41) is 8.84. The highest BCUT2D eigenvalue weighted by Gasteiger charge is 2.31. The van der Waals surface area contributed by atoms with Crippen molar-refractivity contribution in [3.05, 3.63) is 29.3 Å². The summed E-state index contributed by atoms with van der Waals surface area (Å²) in [6.07, 6.45) is -3.60. The van der Waals surface area contributed by atoms with Gasteiger partial charge in [-0.05, 0) is 45.3 Å². The first-order chi connectivity index (χ1) is 9.24. The zero-order chi connectivity index (χ0) is 15.3. The van der Waals surface area contributed by atoms with Gasteiger partial charge in [0.15, 0.2) is 0 Å². The molecule has 1 aromatic rings. The van der Waals surface area contributed by atoms with Crippen molar-refractivity contribution in [1.29, 1.82) is 5.26 Å². The average molecular weight is 285 g/mol. The highest BCUT2D eigenvalue weighted by molar-refractivity contribution is 5.54. The molecule has 0 N–H and O–H groups in total. The molecule has 0 saturated heterocycles. The van der Waals surface area contributed by atoms with E-state index in [1.807, 2.05) is 19.0 Å². The maximum Gasteiger partial charge on any atom is 0.416 e. The Hall–Kier alpha value is -1.74. The number of nitrogens with zero attached hydrogens (tertiary/aromatic N) is 3. The summed E-state index contributed by atoms with van der Waals surface area (Å²) >= 11 is 0. The summed E-state index contributed by atoms with van der Waals surface area (Å²) in [5.41, 5.74) is -0.351. The first-order valence-electron chi connectivity index (χ1n) is 6.22. The quantitative estimate of drug-likeness (QED) is 0.833. The zero-order valence-corrected chi connectivity index (χ0v) is 11.8. The highest BCUT2D eigenvalue weighted by Crippen LogP contribution is 2.32. The van der Waals surface area contributed by atoms with E-state index in [2.05, 4.69) is 0 Å². The van der Waals surface area contributed by atoms with Crippen LogP contribution in [-0.2, 0) is 6.18 Å². The average Bonchev–Trinajstić information content (AvgIpc) is 2.36. The Morgan fingerprint density at radius 1 is 1.10 bits per heavy atom. The lowest BCUT2D eigenvalue weighted by Gasteiger charge is -2.22. The topological polar surface area (TPSA) is 30.3 Å². The van der Waals surface area contributed by atoms with E-state index in [1.54, 1.807) is 18.0 Å². The first kappa shape index (κ1) is 16.3. The Morgan fingerprint density at radius 2 is 1.75 bits per heavy atom. The molecule has 0 aromatic heterocycles. The molecule has 20 heavy (non-hydrogen) atoms. The second-order valence-electron chi connectivity index (χ2n) is 4.96. The van der Waals surface area contributed by atoms with Crippen LogP contribution in [0.5, 0.6) is 0 Å². The van der Waals surface area contributed by atoms with Crippen molar-refractivity contribution in [2.75, 3.05) is 39.1 Å². The van der Waals surface area contributed by atoms with Crippen molar-refractivity contribution in [1.82, 2.24) is 4.90 Å². The van der Waals surface area contributed by atoms with Gasteiger partial charge in [0.25, 0.3) is 0 Å². The van der Waals surface area contributed by atoms with Gasteiger partial charge in [0, 0.05) is 19.3 Å². The summed E-state index contributed by atoms with van der Waals surface area (Å²) in [6.45, 7) is 1.48. The molecule has 0 aliphatic heterocycles. The fraction of sp³-hybridized carbons (Fsp3) is 0.500. The Labute approximate surface area is 117 Å². The first-order valence-corrected chi connectivity index (χ1v) is 6.22. The van der Waals surface area contributed by atoms with Crippen LogP contribution in [0, 0.1) is 11.3 Å². The Balaban J connectivity index is 2.91. The second-order valence-corrected chi connectivity index (χ2v) is 4.96. The molecular weight excluding hydrogens is 267 g/mol. The number of benzene rings is 1. The minimum Gasteiger partial charge on any atom is -0.375 e. The molecule has 0 fully saturated rings. The van der Waals surface area contributed by atoms with E-state index in [0.717, 1.165) is 25.1 Å². The van der Waals surface area contributed by atoms with Crippen molar-refractivity contribution < 1.29 is 13.2 Å². The predicted molar refractivity (Wildman–Crippen MR) is 72.6 cm³/mol. The molecule has 6 heteroatoms. The Bertz CT molecular complexity index is 489. The van der Waals surface area contributed by atoms with Crippen LogP contribution in [0.3, 0.4) is 0 Å². The van der Waals surface area contributed by atoms with Gasteiger partial charge in [0.2, 0.25) is 0 Å². The number of halogens is 3. The van der Waals surface area contributed by atoms with E-state index in [1.165, 1.54) is 6.07 Å². The lowest BCUT2D eigenvalue weighted by molar-refractivity contribution is -0.137. The molecule has 0 bridgehead atoms. The normalized spacial score (nSPS) is 11.5. The van der Waals surface area contributed by atoms with Crippen LogP contribution in [0.1, 0.15) is 17.5 Å². The fourth-order valence-corrected chi connectivity index (χ4v) is 1.81. The molecule has 0 atom stereocenters. The number of anilines is 1. The van der Waals surface area contributed by atoms with Crippen molar-refractivity contribution in [2.45, 2.75) is 12.6 Å². The van der Waals surface area contributed by atoms with Crippen molar-refractivity contribution in [2.24, 2.45) is 0 Å². The van der Waals surface area contributed by atoms with Crippen LogP contribution < -0.4 is 4.90 Å². The molecule has 0 unspecified atom stereocenters. The van der Waals surface area contributed by atoms with Gasteiger partial charge in [0.05, 0.1) is 17.2 Å². The predicted octanol–water partition coefficient (Wildman–Crippen LogP) is 2.96. The molecule has 110 valence electrons. The maximum atomic E-state index is 12.8. The van der Waals surface area contributed by atoms with Gasteiger partial charge in [-0.15, -0.1) is 0 Å². The summed E-state index contributed by atoms with van der Waals surface area (Å²) in [4.78, 5) is 3.75. The summed E-state index contributed by atoms with van der Waals surface area (Å²) < 4.78 is 38.3. The Morgan fingerprint density at radius 3 is 2.25 bits per heavy atom. The zero-order valence-electron chi connectivity index (χ0n) is 11.8. The van der Waals surface area contributed by atoms with E-state index >= 15 is 0 Å². The number of rotatable bonds is 5. The van der Waals surface area contributed by atoms with Gasteiger partial charge < -0.3 is 9.80 Å². The van der Waals surface area contributed by atoms with Crippen LogP contribution in [0.15, 0.2) is 18.2 Å². The molecule has 0 heterocycles. The van der Waals surface area contributed by atoms with Crippen molar-refractivity contribution in [3.63, 3.8) is 0 Å². The minimum absolute atomic E-state index is 0.0225. The SMILES string of the molecule is CN(C)CCCN(C)c1cc(C#N)cc(C(F)(F)F)c1. The van der Waals surface area contributed by atoms with E-state index in [9.17, 15) is 13.2 Å². The van der Waals surface area contributed by atoms with Gasteiger partial charge in [-0.3, -0.25) is 0 Å². The number of nitriles is 1. The number of alkyl halides is 3. The minimum atomic E-state index is -4.44. The Kier molecular flexibility index (Phi) is 5.40. The molecule has 0 spiro atoms. The smallest absolute Gasteiger partial charge is 0.375 e. The molecule has 3 nitrogen and oxygen atoms in total. The maximum absolute atomic E-state index is 12.8. The van der Waals surface area contributed by atoms with Crippen LogP contribution in [0.4, 0.5) is 18.9 Å². The van der Waals surface area contributed by atoms with E-state index in [0.29, 0.717) is 12.2 Å². The molecular formula is C14H18F3N3. The number of hydrogen-bond acceptors (Lipinski definition) is 3. The third-order valence-electron chi connectivity index (χ3n) is 2.91. The van der Waals surface area contributed by atoms with Crippen LogP contribution in [0.25, 0.3) is 0 Å². The van der Waals surface area contributed by atoms with Gasteiger partial charge >= 0.3 is 6.18 Å². The van der Waals surface area contributed by atoms with E-state index < -0.39 is 11.7 Å². The van der Waals surface area contributed by atoms with Crippen molar-refractivity contribution in [3.8, 4) is 6.07 Å². The molecule has 0 amide bonds. The van der Waals surface area contributed by atoms with Crippen LogP contribution in [0.2, 0.25) is 0 Å². The lowest BCUT2D eigenvalue weighted by Crippen LogP contribution is -2.23. The third kappa shape index (κ3) is 4.74. The largest absolute Gasteiger partial charge is 0.416 e. The van der Waals surface area contributed by atoms with Crippen LogP contribution in [-0.4, -0.2) is 39.1 Å². The summed E-state index contributed by atoms with van der Waals surface area (Å²) in [5.74, 6) is 0. The molecule has 1 rings (SSSR count). The van der Waals surface area contributed by atoms with Crippen molar-refractivity contribution >= 4 is 5.69 Å². The van der Waals surface area contributed by atoms with E-state index in [-0.39, 0.29) is 5.56 Å². The monoisotopic (exact) mass is 285 g/mol. The molecule has 0 aliphatic carbocycles. The summed E-state index contributed by atoms with van der Waals surface area (Å²) in [7, 11) is 5.61. The van der Waals surface area contributed by atoms with E-state index in [4.69, 9.17) is 5.26 Å².